The Bertz CT molecular complexity index is 464. The van der Waals surface area contributed by atoms with E-state index in [2.05, 4.69) is 10.6 Å². The minimum atomic E-state index is -0.472. The molecule has 1 rings (SSSR count). The van der Waals surface area contributed by atoms with E-state index in [-0.39, 0.29) is 0 Å². The number of rotatable bonds is 5. The van der Waals surface area contributed by atoms with Crippen LogP contribution in [-0.2, 0) is 4.74 Å². The second-order valence-corrected chi connectivity index (χ2v) is 5.32. The minimum absolute atomic E-state index is 0.414. The summed E-state index contributed by atoms with van der Waals surface area (Å²) in [5.41, 5.74) is 6.94. The van der Waals surface area contributed by atoms with Crippen molar-refractivity contribution in [3.05, 3.63) is 36.4 Å². The number of benzene rings is 1. The zero-order chi connectivity index (χ0) is 15.0. The van der Waals surface area contributed by atoms with Gasteiger partial charge in [-0.25, -0.2) is 4.79 Å². The quantitative estimate of drug-likeness (QED) is 0.571. The Morgan fingerprint density at radius 2 is 1.90 bits per heavy atom. The Kier molecular flexibility index (Phi) is 5.90. The second-order valence-electron chi connectivity index (χ2n) is 5.32. The molecule has 0 aliphatic heterocycles. The lowest BCUT2D eigenvalue weighted by Crippen LogP contribution is -2.32. The van der Waals surface area contributed by atoms with Gasteiger partial charge in [0, 0.05) is 13.1 Å². The molecule has 4 N–H and O–H groups in total. The molecule has 5 heteroatoms. The third-order valence-corrected chi connectivity index (χ3v) is 2.30. The molecule has 5 nitrogen and oxygen atoms in total. The summed E-state index contributed by atoms with van der Waals surface area (Å²) in [7, 11) is 0. The van der Waals surface area contributed by atoms with Gasteiger partial charge in [0.15, 0.2) is 0 Å². The van der Waals surface area contributed by atoms with Crippen LogP contribution in [0.5, 0.6) is 0 Å². The molecule has 0 saturated heterocycles. The summed E-state index contributed by atoms with van der Waals surface area (Å²) in [5.74, 6) is 0. The van der Waals surface area contributed by atoms with Crippen molar-refractivity contribution >= 4 is 17.5 Å². The van der Waals surface area contributed by atoms with Crippen LogP contribution >= 0.6 is 0 Å². The van der Waals surface area contributed by atoms with Crippen LogP contribution in [0.1, 0.15) is 20.8 Å². The first-order valence-corrected chi connectivity index (χ1v) is 6.59. The molecule has 0 aliphatic carbocycles. The van der Waals surface area contributed by atoms with E-state index in [4.69, 9.17) is 10.5 Å². The molecule has 1 amide bonds. The highest BCUT2D eigenvalue weighted by Crippen LogP contribution is 2.15. The first-order valence-electron chi connectivity index (χ1n) is 6.59. The molecule has 0 radical (unpaired) electrons. The van der Waals surface area contributed by atoms with Crippen molar-refractivity contribution in [1.82, 2.24) is 5.32 Å². The number of carbonyl (C=O) groups is 1. The number of amides is 1. The Morgan fingerprint density at radius 1 is 1.25 bits per heavy atom. The van der Waals surface area contributed by atoms with Gasteiger partial charge in [-0.05, 0) is 32.9 Å². The topological polar surface area (TPSA) is 76.4 Å². The van der Waals surface area contributed by atoms with Crippen molar-refractivity contribution in [3.8, 4) is 0 Å². The maximum absolute atomic E-state index is 11.4. The first kappa shape index (κ1) is 15.9. The fraction of sp³-hybridized carbons (Fsp3) is 0.400. The molecule has 0 bridgehead atoms. The molecule has 0 saturated carbocycles. The lowest BCUT2D eigenvalue weighted by atomic mass is 10.2. The monoisotopic (exact) mass is 277 g/mol. The number of ether oxygens (including phenoxy) is 1. The molecule has 0 unspecified atom stereocenters. The van der Waals surface area contributed by atoms with E-state index < -0.39 is 11.7 Å². The maximum atomic E-state index is 11.4. The van der Waals surface area contributed by atoms with E-state index in [9.17, 15) is 4.79 Å². The number of para-hydroxylation sites is 2. The van der Waals surface area contributed by atoms with E-state index in [1.807, 2.05) is 57.2 Å². The zero-order valence-corrected chi connectivity index (χ0v) is 12.3. The average molecular weight is 277 g/mol. The molecule has 1 aromatic carbocycles. The molecule has 0 aliphatic rings. The first-order chi connectivity index (χ1) is 9.38. The summed E-state index contributed by atoms with van der Waals surface area (Å²) in [6, 6.07) is 7.58. The number of anilines is 2. The van der Waals surface area contributed by atoms with Gasteiger partial charge in [-0.1, -0.05) is 24.3 Å². The van der Waals surface area contributed by atoms with Crippen LogP contribution in [0.25, 0.3) is 0 Å². The number of hydrogen-bond acceptors (Lipinski definition) is 4. The van der Waals surface area contributed by atoms with E-state index >= 15 is 0 Å². The Labute approximate surface area is 120 Å². The molecular weight excluding hydrogens is 254 g/mol. The molecule has 0 aromatic heterocycles. The molecule has 0 fully saturated rings. The van der Waals surface area contributed by atoms with Gasteiger partial charge in [-0.3, -0.25) is 0 Å². The van der Waals surface area contributed by atoms with Crippen LogP contribution in [0.15, 0.2) is 36.4 Å². The maximum Gasteiger partial charge on any atom is 0.407 e. The van der Waals surface area contributed by atoms with Crippen LogP contribution in [0.3, 0.4) is 0 Å². The summed E-state index contributed by atoms with van der Waals surface area (Å²) in [5, 5.41) is 5.83. The highest BCUT2D eigenvalue weighted by molar-refractivity contribution is 5.68. The van der Waals surface area contributed by atoms with E-state index in [1.165, 1.54) is 0 Å². The van der Waals surface area contributed by atoms with Crippen LogP contribution in [0.4, 0.5) is 16.2 Å². The number of nitrogens with two attached hydrogens (primary N) is 1. The summed E-state index contributed by atoms with van der Waals surface area (Å²) >= 11 is 0. The molecule has 110 valence electrons. The predicted molar refractivity (Wildman–Crippen MR) is 82.7 cm³/mol. The largest absolute Gasteiger partial charge is 0.444 e. The van der Waals surface area contributed by atoms with Crippen molar-refractivity contribution in [2.75, 3.05) is 24.1 Å². The molecular formula is C15H23N3O2. The third-order valence-electron chi connectivity index (χ3n) is 2.30. The normalized spacial score (nSPS) is 11.3. The number of carbonyl (C=O) groups excluding carboxylic acids is 1. The third kappa shape index (κ3) is 6.68. The van der Waals surface area contributed by atoms with Crippen LogP contribution in [0, 0.1) is 0 Å². The molecule has 0 atom stereocenters. The van der Waals surface area contributed by atoms with Crippen molar-refractivity contribution in [1.29, 1.82) is 0 Å². The fourth-order valence-corrected chi connectivity index (χ4v) is 1.45. The van der Waals surface area contributed by atoms with Crippen LogP contribution in [0.2, 0.25) is 0 Å². The number of alkyl carbamates (subject to hydrolysis) is 1. The fourth-order valence-electron chi connectivity index (χ4n) is 1.45. The SMILES string of the molecule is CC(C)(C)OC(=O)NC/C=C/CNc1ccccc1N. The predicted octanol–water partition coefficient (Wildman–Crippen LogP) is 2.76. The van der Waals surface area contributed by atoms with Crippen molar-refractivity contribution in [2.24, 2.45) is 0 Å². The van der Waals surface area contributed by atoms with Gasteiger partial charge in [0.25, 0.3) is 0 Å². The molecule has 0 heterocycles. The van der Waals surface area contributed by atoms with E-state index in [0.29, 0.717) is 18.8 Å². The average Bonchev–Trinajstić information content (AvgIpc) is 2.33. The van der Waals surface area contributed by atoms with Crippen LogP contribution in [-0.4, -0.2) is 24.8 Å². The molecule has 1 aromatic rings. The Balaban J connectivity index is 2.20. The van der Waals surface area contributed by atoms with Crippen molar-refractivity contribution < 1.29 is 9.53 Å². The highest BCUT2D eigenvalue weighted by Gasteiger charge is 2.14. The van der Waals surface area contributed by atoms with Gasteiger partial charge in [0.1, 0.15) is 5.60 Å². The smallest absolute Gasteiger partial charge is 0.407 e. The number of hydrogen-bond donors (Lipinski definition) is 3. The summed E-state index contributed by atoms with van der Waals surface area (Å²) in [6.45, 7) is 6.56. The second kappa shape index (κ2) is 7.43. The van der Waals surface area contributed by atoms with Crippen LogP contribution < -0.4 is 16.4 Å². The van der Waals surface area contributed by atoms with E-state index in [1.54, 1.807) is 0 Å². The van der Waals surface area contributed by atoms with Gasteiger partial charge < -0.3 is 21.1 Å². The molecule has 0 spiro atoms. The van der Waals surface area contributed by atoms with Gasteiger partial charge in [-0.15, -0.1) is 0 Å². The highest BCUT2D eigenvalue weighted by atomic mass is 16.6. The lowest BCUT2D eigenvalue weighted by Gasteiger charge is -2.19. The van der Waals surface area contributed by atoms with Crippen molar-refractivity contribution in [2.45, 2.75) is 26.4 Å². The number of nitrogens with one attached hydrogen (secondary N) is 2. The van der Waals surface area contributed by atoms with Gasteiger partial charge in [-0.2, -0.15) is 0 Å². The zero-order valence-electron chi connectivity index (χ0n) is 12.3. The van der Waals surface area contributed by atoms with Gasteiger partial charge in [0.2, 0.25) is 0 Å². The Morgan fingerprint density at radius 3 is 2.55 bits per heavy atom. The summed E-state index contributed by atoms with van der Waals surface area (Å²) in [6.07, 6.45) is 3.36. The Hall–Kier alpha value is -2.17. The van der Waals surface area contributed by atoms with Gasteiger partial charge >= 0.3 is 6.09 Å². The van der Waals surface area contributed by atoms with E-state index in [0.717, 1.165) is 5.69 Å². The lowest BCUT2D eigenvalue weighted by molar-refractivity contribution is 0.0534. The number of nitrogen functional groups attached to an aromatic ring is 1. The van der Waals surface area contributed by atoms with Gasteiger partial charge in [0.05, 0.1) is 11.4 Å². The summed E-state index contributed by atoms with van der Waals surface area (Å²) < 4.78 is 5.11. The minimum Gasteiger partial charge on any atom is -0.444 e. The standard InChI is InChI=1S/C15H23N3O2/c1-15(2,3)20-14(19)18-11-7-6-10-17-13-9-5-4-8-12(13)16/h4-9,17H,10-11,16H2,1-3H3,(H,18,19)/b7-6+. The van der Waals surface area contributed by atoms with Crippen molar-refractivity contribution in [3.63, 3.8) is 0 Å². The summed E-state index contributed by atoms with van der Waals surface area (Å²) in [4.78, 5) is 11.4. The molecule has 20 heavy (non-hydrogen) atoms.